The molecule has 0 radical (unpaired) electrons. The van der Waals surface area contributed by atoms with E-state index < -0.39 is 17.9 Å². The molecule has 11 heteroatoms. The number of hydrogen-bond acceptors (Lipinski definition) is 5. The zero-order chi connectivity index (χ0) is 17.2. The van der Waals surface area contributed by atoms with Crippen molar-refractivity contribution in [2.45, 2.75) is 18.3 Å². The fourth-order valence-electron chi connectivity index (χ4n) is 1.63. The zero-order valence-electron chi connectivity index (χ0n) is 11.7. The summed E-state index contributed by atoms with van der Waals surface area (Å²) in [5.41, 5.74) is 1.21. The number of anilines is 1. The van der Waals surface area contributed by atoms with Gasteiger partial charge in [0, 0.05) is 10.7 Å². The van der Waals surface area contributed by atoms with Gasteiger partial charge in [0.05, 0.1) is 5.75 Å². The highest BCUT2D eigenvalue weighted by atomic mass is 35.5. The number of rotatable bonds is 4. The third-order valence-electron chi connectivity index (χ3n) is 2.79. The first-order chi connectivity index (χ1) is 10.7. The second-order valence-electron chi connectivity index (χ2n) is 4.42. The number of alkyl halides is 3. The molecule has 0 aliphatic rings. The fourth-order valence-corrected chi connectivity index (χ4v) is 2.46. The van der Waals surface area contributed by atoms with E-state index in [0.29, 0.717) is 20.9 Å². The molecule has 0 fully saturated rings. The second kappa shape index (κ2) is 6.67. The molecule has 3 N–H and O–H groups in total. The van der Waals surface area contributed by atoms with Gasteiger partial charge < -0.3 is 11.2 Å². The summed E-state index contributed by atoms with van der Waals surface area (Å²) in [5.74, 6) is 3.33. The molecule has 1 heterocycles. The Bertz CT molecular complexity index is 734. The van der Waals surface area contributed by atoms with Crippen LogP contribution in [0.4, 0.5) is 18.9 Å². The van der Waals surface area contributed by atoms with Crippen LogP contribution in [0.5, 0.6) is 0 Å². The van der Waals surface area contributed by atoms with Crippen LogP contribution >= 0.6 is 23.4 Å². The topological polar surface area (TPSA) is 85.8 Å². The summed E-state index contributed by atoms with van der Waals surface area (Å²) >= 11 is 6.68. The predicted molar refractivity (Wildman–Crippen MR) is 80.7 cm³/mol. The predicted octanol–water partition coefficient (Wildman–Crippen LogP) is 2.70. The number of nitrogens with zero attached hydrogens (tertiary/aromatic N) is 3. The summed E-state index contributed by atoms with van der Waals surface area (Å²) in [4.78, 5) is 11.9. The van der Waals surface area contributed by atoms with Gasteiger partial charge in [0.15, 0.2) is 0 Å². The van der Waals surface area contributed by atoms with Crippen LogP contribution in [0.3, 0.4) is 0 Å². The maximum Gasteiger partial charge on any atom is 0.453 e. The minimum atomic E-state index is -4.71. The van der Waals surface area contributed by atoms with E-state index in [4.69, 9.17) is 17.4 Å². The Morgan fingerprint density at radius 1 is 1.43 bits per heavy atom. The van der Waals surface area contributed by atoms with E-state index >= 15 is 0 Å². The molecule has 0 aliphatic heterocycles. The van der Waals surface area contributed by atoms with Crippen LogP contribution in [-0.4, -0.2) is 26.5 Å². The number of aromatic nitrogens is 3. The van der Waals surface area contributed by atoms with Crippen molar-refractivity contribution in [3.63, 3.8) is 0 Å². The van der Waals surface area contributed by atoms with Gasteiger partial charge in [-0.3, -0.25) is 4.79 Å². The Balaban J connectivity index is 2.00. The number of benzene rings is 1. The molecule has 0 bridgehead atoms. The van der Waals surface area contributed by atoms with Crippen LogP contribution < -0.4 is 11.2 Å². The molecular formula is C12H11ClF3N5OS. The van der Waals surface area contributed by atoms with E-state index in [9.17, 15) is 18.0 Å². The summed E-state index contributed by atoms with van der Waals surface area (Å²) in [6.07, 6.45) is -4.71. The van der Waals surface area contributed by atoms with Gasteiger partial charge in [0.2, 0.25) is 11.1 Å². The number of carbonyl (C=O) groups is 1. The van der Waals surface area contributed by atoms with E-state index in [2.05, 4.69) is 15.5 Å². The van der Waals surface area contributed by atoms with Gasteiger partial charge in [-0.2, -0.15) is 13.2 Å². The van der Waals surface area contributed by atoms with Crippen molar-refractivity contribution in [3.8, 4) is 0 Å². The molecule has 6 nitrogen and oxygen atoms in total. The van der Waals surface area contributed by atoms with Gasteiger partial charge in [-0.15, -0.1) is 10.2 Å². The number of amides is 1. The van der Waals surface area contributed by atoms with Crippen LogP contribution in [0, 0.1) is 6.92 Å². The standard InChI is InChI=1S/C12H11ClF3N5OS/c1-6-7(13)3-2-4-8(6)18-9(22)5-23-11-20-19-10(21(11)17)12(14,15)16/h2-4H,5,17H2,1H3,(H,18,22). The van der Waals surface area contributed by atoms with Crippen molar-refractivity contribution in [2.75, 3.05) is 16.9 Å². The Morgan fingerprint density at radius 2 is 2.13 bits per heavy atom. The Kier molecular flexibility index (Phi) is 5.05. The van der Waals surface area contributed by atoms with E-state index in [1.807, 2.05) is 0 Å². The van der Waals surface area contributed by atoms with Crippen LogP contribution in [0.15, 0.2) is 23.4 Å². The second-order valence-corrected chi connectivity index (χ2v) is 5.77. The van der Waals surface area contributed by atoms with Crippen molar-refractivity contribution >= 4 is 35.0 Å². The minimum absolute atomic E-state index is 0.181. The number of nitrogens with one attached hydrogen (secondary N) is 1. The normalized spacial score (nSPS) is 11.5. The summed E-state index contributed by atoms with van der Waals surface area (Å²) in [6.45, 7) is 1.73. The van der Waals surface area contributed by atoms with Gasteiger partial charge in [-0.05, 0) is 24.6 Å². The average molecular weight is 366 g/mol. The molecule has 0 spiro atoms. The molecule has 23 heavy (non-hydrogen) atoms. The van der Waals surface area contributed by atoms with Crippen LogP contribution in [0.25, 0.3) is 0 Å². The first-order valence-corrected chi connectivity index (χ1v) is 7.52. The minimum Gasteiger partial charge on any atom is -0.335 e. The van der Waals surface area contributed by atoms with Crippen LogP contribution in [0.1, 0.15) is 11.4 Å². The lowest BCUT2D eigenvalue weighted by Gasteiger charge is -2.09. The lowest BCUT2D eigenvalue weighted by molar-refractivity contribution is -0.146. The third-order valence-corrected chi connectivity index (χ3v) is 4.14. The first-order valence-electron chi connectivity index (χ1n) is 6.15. The summed E-state index contributed by atoms with van der Waals surface area (Å²) in [5, 5.41) is 9.18. The highest BCUT2D eigenvalue weighted by molar-refractivity contribution is 7.99. The number of nitrogen functional groups attached to an aromatic ring is 1. The Morgan fingerprint density at radius 3 is 2.74 bits per heavy atom. The molecule has 0 aliphatic carbocycles. The van der Waals surface area contributed by atoms with Crippen LogP contribution in [-0.2, 0) is 11.0 Å². The maximum absolute atomic E-state index is 12.5. The number of nitrogens with two attached hydrogens (primary N) is 1. The largest absolute Gasteiger partial charge is 0.453 e. The third kappa shape index (κ3) is 4.08. The number of carbonyl (C=O) groups excluding carboxylic acids is 1. The van der Waals surface area contributed by atoms with Gasteiger partial charge in [-0.25, -0.2) is 4.68 Å². The van der Waals surface area contributed by atoms with Crippen molar-refractivity contribution in [2.24, 2.45) is 0 Å². The quantitative estimate of drug-likeness (QED) is 0.642. The summed E-state index contributed by atoms with van der Waals surface area (Å²) in [6, 6.07) is 5.01. The van der Waals surface area contributed by atoms with Gasteiger partial charge in [-0.1, -0.05) is 29.4 Å². The zero-order valence-corrected chi connectivity index (χ0v) is 13.3. The summed E-state index contributed by atoms with van der Waals surface area (Å²) < 4.78 is 37.9. The Labute approximate surface area is 138 Å². The van der Waals surface area contributed by atoms with E-state index in [1.165, 1.54) is 0 Å². The molecule has 0 saturated heterocycles. The molecule has 2 aromatic rings. The molecule has 0 saturated carbocycles. The first kappa shape index (κ1) is 17.4. The van der Waals surface area contributed by atoms with Crippen molar-refractivity contribution in [1.29, 1.82) is 0 Å². The van der Waals surface area contributed by atoms with Crippen molar-refractivity contribution in [3.05, 3.63) is 34.6 Å². The highest BCUT2D eigenvalue weighted by Crippen LogP contribution is 2.29. The Hall–Kier alpha value is -1.94. The summed E-state index contributed by atoms with van der Waals surface area (Å²) in [7, 11) is 0. The lowest BCUT2D eigenvalue weighted by Crippen LogP contribution is -2.22. The van der Waals surface area contributed by atoms with Crippen LogP contribution in [0.2, 0.25) is 5.02 Å². The SMILES string of the molecule is Cc1c(Cl)cccc1NC(=O)CSc1nnc(C(F)(F)F)n1N. The van der Waals surface area contributed by atoms with E-state index in [1.54, 1.807) is 25.1 Å². The maximum atomic E-state index is 12.5. The molecule has 1 aromatic carbocycles. The molecule has 0 atom stereocenters. The molecule has 1 aromatic heterocycles. The van der Waals surface area contributed by atoms with E-state index in [-0.39, 0.29) is 10.9 Å². The number of hydrogen-bond donors (Lipinski definition) is 2. The monoisotopic (exact) mass is 365 g/mol. The van der Waals surface area contributed by atoms with Crippen molar-refractivity contribution < 1.29 is 18.0 Å². The molecule has 1 amide bonds. The molecule has 124 valence electrons. The average Bonchev–Trinajstić information content (AvgIpc) is 2.83. The van der Waals surface area contributed by atoms with Gasteiger partial charge >= 0.3 is 6.18 Å². The van der Waals surface area contributed by atoms with Crippen molar-refractivity contribution in [1.82, 2.24) is 14.9 Å². The number of thioether (sulfide) groups is 1. The number of halogens is 4. The smallest absolute Gasteiger partial charge is 0.335 e. The van der Waals surface area contributed by atoms with Gasteiger partial charge in [0.1, 0.15) is 0 Å². The van der Waals surface area contributed by atoms with E-state index in [0.717, 1.165) is 11.8 Å². The lowest BCUT2D eigenvalue weighted by atomic mass is 10.2. The highest BCUT2D eigenvalue weighted by Gasteiger charge is 2.38. The fraction of sp³-hybridized carbons (Fsp3) is 0.250. The molecular weight excluding hydrogens is 355 g/mol. The van der Waals surface area contributed by atoms with Gasteiger partial charge in [0.25, 0.3) is 5.82 Å². The molecule has 2 rings (SSSR count). The molecule has 0 unspecified atom stereocenters.